The molecule has 0 saturated carbocycles. The summed E-state index contributed by atoms with van der Waals surface area (Å²) in [5, 5.41) is 4.77. The number of hydrogen-bond acceptors (Lipinski definition) is 8. The van der Waals surface area contributed by atoms with Crippen LogP contribution in [0.25, 0.3) is 11.1 Å². The van der Waals surface area contributed by atoms with Crippen LogP contribution in [-0.2, 0) is 9.47 Å². The highest BCUT2D eigenvalue weighted by Gasteiger charge is 2.29. The van der Waals surface area contributed by atoms with Gasteiger partial charge in [0, 0.05) is 11.1 Å². The van der Waals surface area contributed by atoms with Crippen molar-refractivity contribution in [1.82, 2.24) is 4.98 Å². The molecule has 0 aliphatic carbocycles. The lowest BCUT2D eigenvalue weighted by Crippen LogP contribution is -2.15. The Morgan fingerprint density at radius 1 is 1.09 bits per heavy atom. The number of carbonyl (C=O) groups excluding carboxylic acids is 2. The minimum absolute atomic E-state index is 0.113. The van der Waals surface area contributed by atoms with Crippen molar-refractivity contribution >= 4 is 28.3 Å². The molecule has 0 aromatic carbocycles. The summed E-state index contributed by atoms with van der Waals surface area (Å²) < 4.78 is 9.60. The normalized spacial score (nSPS) is 10.3. The highest BCUT2D eigenvalue weighted by molar-refractivity contribution is 7.14. The molecule has 0 amide bonds. The Balaban J connectivity index is 2.96. The lowest BCUT2D eigenvalue weighted by Gasteiger charge is -2.16. The lowest BCUT2D eigenvalue weighted by atomic mass is 9.93. The van der Waals surface area contributed by atoms with E-state index in [0.29, 0.717) is 17.0 Å². The third kappa shape index (κ3) is 2.85. The Morgan fingerprint density at radius 2 is 1.61 bits per heavy atom. The maximum atomic E-state index is 12.2. The van der Waals surface area contributed by atoms with Crippen LogP contribution in [-0.4, -0.2) is 31.1 Å². The Labute approximate surface area is 136 Å². The minimum atomic E-state index is -0.654. The zero-order chi connectivity index (χ0) is 17.1. The number of thiophene rings is 1. The van der Waals surface area contributed by atoms with Gasteiger partial charge in [0.1, 0.15) is 0 Å². The smallest absolute Gasteiger partial charge is 0.340 e. The molecular weight excluding hydrogens is 320 g/mol. The predicted molar refractivity (Wildman–Crippen MR) is 85.2 cm³/mol. The molecule has 2 aromatic heterocycles. The van der Waals surface area contributed by atoms with E-state index >= 15 is 0 Å². The summed E-state index contributed by atoms with van der Waals surface area (Å²) in [7, 11) is 2.46. The van der Waals surface area contributed by atoms with Crippen LogP contribution in [0.15, 0.2) is 16.6 Å². The van der Waals surface area contributed by atoms with Crippen LogP contribution in [0.4, 0.5) is 5.00 Å². The summed E-state index contributed by atoms with van der Waals surface area (Å²) in [5.41, 5.74) is 1.63. The molecule has 7 nitrogen and oxygen atoms in total. The van der Waals surface area contributed by atoms with Crippen LogP contribution in [0.2, 0.25) is 0 Å². The van der Waals surface area contributed by atoms with E-state index in [0.717, 1.165) is 11.3 Å². The van der Waals surface area contributed by atoms with Crippen LogP contribution in [0, 0.1) is 18.8 Å². The van der Waals surface area contributed by atoms with Crippen LogP contribution < -0.4 is 0 Å². The second-order valence-electron chi connectivity index (χ2n) is 4.62. The molecule has 2 heterocycles. The topological polar surface area (TPSA) is 94.9 Å². The maximum Gasteiger partial charge on any atom is 0.340 e. The number of pyridine rings is 1. The highest BCUT2D eigenvalue weighted by Crippen LogP contribution is 2.40. The molecule has 2 rings (SSSR count). The number of ether oxygens (including phenoxy) is 2. The van der Waals surface area contributed by atoms with E-state index in [-0.39, 0.29) is 21.7 Å². The van der Waals surface area contributed by atoms with E-state index < -0.39 is 11.9 Å². The average Bonchev–Trinajstić information content (AvgIpc) is 3.01. The monoisotopic (exact) mass is 334 g/mol. The van der Waals surface area contributed by atoms with E-state index in [1.54, 1.807) is 25.3 Å². The molecule has 8 heteroatoms. The molecule has 2 aromatic rings. The second kappa shape index (κ2) is 6.66. The van der Waals surface area contributed by atoms with Crippen molar-refractivity contribution in [3.63, 3.8) is 0 Å². The minimum Gasteiger partial charge on any atom is -0.465 e. The Morgan fingerprint density at radius 3 is 2.04 bits per heavy atom. The van der Waals surface area contributed by atoms with E-state index in [2.05, 4.69) is 10.2 Å². The van der Waals surface area contributed by atoms with Crippen molar-refractivity contribution in [2.24, 2.45) is 5.18 Å². The highest BCUT2D eigenvalue weighted by atomic mass is 32.1. The number of methoxy groups -OCH3 is 2. The summed E-state index contributed by atoms with van der Waals surface area (Å²) in [6.45, 7) is 3.26. The Bertz CT molecular complexity index is 757. The molecule has 23 heavy (non-hydrogen) atoms. The summed E-state index contributed by atoms with van der Waals surface area (Å²) in [5.74, 6) is -1.31. The van der Waals surface area contributed by atoms with Gasteiger partial charge in [-0.1, -0.05) is 0 Å². The molecule has 0 saturated heterocycles. The van der Waals surface area contributed by atoms with Gasteiger partial charge in [0.2, 0.25) is 0 Å². The van der Waals surface area contributed by atoms with Crippen molar-refractivity contribution in [2.45, 2.75) is 13.8 Å². The molecule has 0 aliphatic heterocycles. The van der Waals surface area contributed by atoms with Crippen molar-refractivity contribution in [2.75, 3.05) is 14.2 Å². The van der Waals surface area contributed by atoms with Gasteiger partial charge in [0.25, 0.3) is 0 Å². The zero-order valence-corrected chi connectivity index (χ0v) is 13.8. The van der Waals surface area contributed by atoms with Crippen molar-refractivity contribution in [1.29, 1.82) is 0 Å². The maximum absolute atomic E-state index is 12.2. The molecule has 120 valence electrons. The van der Waals surface area contributed by atoms with E-state index in [4.69, 9.17) is 9.47 Å². The quantitative estimate of drug-likeness (QED) is 0.628. The first-order chi connectivity index (χ1) is 11.0. The SMILES string of the molecule is COC(=O)c1c(C)nc(C)c(C(=O)OC)c1-c1ccsc1N=O. The van der Waals surface area contributed by atoms with Gasteiger partial charge in [0.05, 0.1) is 36.7 Å². The van der Waals surface area contributed by atoms with Crippen LogP contribution in [0.1, 0.15) is 32.1 Å². The molecule has 0 bridgehead atoms. The third-order valence-corrected chi connectivity index (χ3v) is 4.12. The summed E-state index contributed by atoms with van der Waals surface area (Å²) in [6.07, 6.45) is 0. The molecule has 0 unspecified atom stereocenters. The second-order valence-corrected chi connectivity index (χ2v) is 5.52. The number of aryl methyl sites for hydroxylation is 2. The Hall–Kier alpha value is -2.61. The average molecular weight is 334 g/mol. The Kier molecular flexibility index (Phi) is 4.85. The van der Waals surface area contributed by atoms with Crippen LogP contribution in [0.5, 0.6) is 0 Å². The molecule has 0 N–H and O–H groups in total. The summed E-state index contributed by atoms with van der Waals surface area (Å²) in [4.78, 5) is 39.7. The number of hydrogen-bond donors (Lipinski definition) is 0. The summed E-state index contributed by atoms with van der Waals surface area (Å²) >= 11 is 1.11. The number of aromatic nitrogens is 1. The van der Waals surface area contributed by atoms with E-state index in [9.17, 15) is 14.5 Å². The molecular formula is C15H14N2O5S. The zero-order valence-electron chi connectivity index (χ0n) is 13.0. The van der Waals surface area contributed by atoms with Crippen molar-refractivity contribution < 1.29 is 19.1 Å². The summed E-state index contributed by atoms with van der Waals surface area (Å²) in [6, 6.07) is 1.62. The molecule has 0 spiro atoms. The number of nitrogens with zero attached hydrogens (tertiary/aromatic N) is 2. The van der Waals surface area contributed by atoms with Crippen LogP contribution >= 0.6 is 11.3 Å². The van der Waals surface area contributed by atoms with E-state index in [1.165, 1.54) is 14.2 Å². The van der Waals surface area contributed by atoms with Crippen molar-refractivity contribution in [3.05, 3.63) is 38.9 Å². The largest absolute Gasteiger partial charge is 0.465 e. The van der Waals surface area contributed by atoms with Gasteiger partial charge < -0.3 is 9.47 Å². The first-order valence-electron chi connectivity index (χ1n) is 6.55. The lowest BCUT2D eigenvalue weighted by molar-refractivity contribution is 0.0599. The molecule has 0 atom stereocenters. The van der Waals surface area contributed by atoms with Crippen LogP contribution in [0.3, 0.4) is 0 Å². The first kappa shape index (κ1) is 16.8. The number of esters is 2. The standard InChI is InChI=1S/C15H14N2O5S/c1-7-10(14(18)21-3)12(9-5-6-23-13(9)17-20)11(8(2)16-7)15(19)22-4/h5-6H,1-4H3. The van der Waals surface area contributed by atoms with Gasteiger partial charge in [-0.3, -0.25) is 4.98 Å². The molecule has 0 radical (unpaired) electrons. The van der Waals surface area contributed by atoms with Gasteiger partial charge in [-0.15, -0.1) is 16.2 Å². The van der Waals surface area contributed by atoms with Gasteiger partial charge in [0.15, 0.2) is 5.00 Å². The van der Waals surface area contributed by atoms with Gasteiger partial charge in [-0.05, 0) is 30.5 Å². The van der Waals surface area contributed by atoms with Gasteiger partial charge >= 0.3 is 11.9 Å². The van der Waals surface area contributed by atoms with Crippen molar-refractivity contribution in [3.8, 4) is 11.1 Å². The third-order valence-electron chi connectivity index (χ3n) is 3.34. The van der Waals surface area contributed by atoms with E-state index in [1.807, 2.05) is 0 Å². The van der Waals surface area contributed by atoms with Gasteiger partial charge in [-0.25, -0.2) is 9.59 Å². The number of rotatable bonds is 4. The molecule has 0 aliphatic rings. The fourth-order valence-corrected chi connectivity index (χ4v) is 3.06. The predicted octanol–water partition coefficient (Wildman–Crippen LogP) is 3.40. The number of nitroso groups, excluding NO2 is 1. The first-order valence-corrected chi connectivity index (χ1v) is 7.43. The fraction of sp³-hybridized carbons (Fsp3) is 0.267. The molecule has 0 fully saturated rings. The van der Waals surface area contributed by atoms with Gasteiger partial charge in [-0.2, -0.15) is 0 Å². The number of carbonyl (C=O) groups is 2. The fourth-order valence-electron chi connectivity index (χ4n) is 2.39.